The summed E-state index contributed by atoms with van der Waals surface area (Å²) in [5.74, 6) is 0. The molecule has 1 atom stereocenters. The molecule has 4 nitrogen and oxygen atoms in total. The number of hydrogen-bond donors (Lipinski definition) is 1. The summed E-state index contributed by atoms with van der Waals surface area (Å²) in [5, 5.41) is 3.94. The fourth-order valence-corrected chi connectivity index (χ4v) is 2.06. The number of nitrogens with one attached hydrogen (secondary N) is 1. The zero-order valence-corrected chi connectivity index (χ0v) is 10.8. The Kier molecular flexibility index (Phi) is 4.57. The summed E-state index contributed by atoms with van der Waals surface area (Å²) in [7, 11) is 0. The molecular formula is C12H18ClN3O. The van der Waals surface area contributed by atoms with Gasteiger partial charge < -0.3 is 10.1 Å². The maximum Gasteiger partial charge on any atom is 0.317 e. The zero-order valence-electron chi connectivity index (χ0n) is 10.1. The normalized spacial score (nSPS) is 20.2. The summed E-state index contributed by atoms with van der Waals surface area (Å²) < 4.78 is 5.50. The Morgan fingerprint density at radius 3 is 3.12 bits per heavy atom. The van der Waals surface area contributed by atoms with Crippen molar-refractivity contribution < 1.29 is 4.74 Å². The van der Waals surface area contributed by atoms with E-state index < -0.39 is 0 Å². The first-order valence-electron chi connectivity index (χ1n) is 6.11. The molecule has 0 unspecified atom stereocenters. The van der Waals surface area contributed by atoms with E-state index in [1.54, 1.807) is 6.20 Å². The number of rotatable bonds is 4. The molecule has 2 rings (SSSR count). The molecule has 1 aliphatic rings. The Morgan fingerprint density at radius 1 is 1.53 bits per heavy atom. The second kappa shape index (κ2) is 6.17. The first kappa shape index (κ1) is 12.6. The Labute approximate surface area is 107 Å². The third kappa shape index (κ3) is 3.82. The van der Waals surface area contributed by atoms with E-state index in [-0.39, 0.29) is 0 Å². The molecule has 0 amide bonds. The molecular weight excluding hydrogens is 238 g/mol. The molecule has 0 radical (unpaired) electrons. The maximum absolute atomic E-state index is 5.90. The number of halogens is 1. The fourth-order valence-electron chi connectivity index (χ4n) is 1.94. The van der Waals surface area contributed by atoms with Gasteiger partial charge in [-0.15, -0.1) is 0 Å². The lowest BCUT2D eigenvalue weighted by molar-refractivity contribution is 0.252. The highest BCUT2D eigenvalue weighted by Crippen LogP contribution is 2.14. The van der Waals surface area contributed by atoms with Gasteiger partial charge in [0.25, 0.3) is 0 Å². The van der Waals surface area contributed by atoms with Gasteiger partial charge in [0, 0.05) is 17.8 Å². The van der Waals surface area contributed by atoms with Crippen molar-refractivity contribution in [1.82, 2.24) is 15.3 Å². The van der Waals surface area contributed by atoms with Crippen LogP contribution in [0.25, 0.3) is 0 Å². The molecule has 5 heteroatoms. The van der Waals surface area contributed by atoms with Crippen molar-refractivity contribution in [2.24, 2.45) is 0 Å². The van der Waals surface area contributed by atoms with Crippen molar-refractivity contribution in [2.75, 3.05) is 13.2 Å². The van der Waals surface area contributed by atoms with Crippen molar-refractivity contribution in [3.63, 3.8) is 0 Å². The number of aromatic nitrogens is 2. The summed E-state index contributed by atoms with van der Waals surface area (Å²) in [5.41, 5.74) is 0.868. The van der Waals surface area contributed by atoms with Crippen molar-refractivity contribution in [3.05, 3.63) is 16.9 Å². The average Bonchev–Trinajstić information content (AvgIpc) is 2.35. The van der Waals surface area contributed by atoms with Crippen molar-refractivity contribution in [2.45, 2.75) is 38.6 Å². The van der Waals surface area contributed by atoms with Crippen LogP contribution in [0.15, 0.2) is 6.20 Å². The largest absolute Gasteiger partial charge is 0.463 e. The van der Waals surface area contributed by atoms with E-state index in [2.05, 4.69) is 15.3 Å². The van der Waals surface area contributed by atoms with Gasteiger partial charge in [-0.25, -0.2) is 4.98 Å². The van der Waals surface area contributed by atoms with Crippen LogP contribution in [0.5, 0.6) is 6.01 Å². The third-order valence-corrected chi connectivity index (χ3v) is 3.38. The van der Waals surface area contributed by atoms with Gasteiger partial charge in [-0.1, -0.05) is 18.0 Å². The van der Waals surface area contributed by atoms with Crippen LogP contribution in [0.3, 0.4) is 0 Å². The third-order valence-electron chi connectivity index (χ3n) is 3.00. The van der Waals surface area contributed by atoms with E-state index in [4.69, 9.17) is 16.3 Å². The van der Waals surface area contributed by atoms with E-state index >= 15 is 0 Å². The van der Waals surface area contributed by atoms with E-state index in [1.807, 2.05) is 6.92 Å². The lowest BCUT2D eigenvalue weighted by atomic mass is 10.0. The van der Waals surface area contributed by atoms with Gasteiger partial charge in [0.2, 0.25) is 0 Å². The SMILES string of the molecule is Cc1cnc(OCC[C@H]2CCCCN2)nc1Cl. The molecule has 0 spiro atoms. The second-order valence-electron chi connectivity index (χ2n) is 4.41. The molecule has 17 heavy (non-hydrogen) atoms. The van der Waals surface area contributed by atoms with Crippen LogP contribution in [0, 0.1) is 6.92 Å². The molecule has 94 valence electrons. The minimum absolute atomic E-state index is 0.372. The van der Waals surface area contributed by atoms with Crippen LogP contribution < -0.4 is 10.1 Å². The molecule has 1 aromatic rings. The molecule has 0 aromatic carbocycles. The topological polar surface area (TPSA) is 47.0 Å². The number of hydrogen-bond acceptors (Lipinski definition) is 4. The Balaban J connectivity index is 1.75. The first-order chi connectivity index (χ1) is 8.25. The lowest BCUT2D eigenvalue weighted by Crippen LogP contribution is -2.35. The van der Waals surface area contributed by atoms with Crippen LogP contribution >= 0.6 is 11.6 Å². The Hall–Kier alpha value is -0.870. The van der Waals surface area contributed by atoms with Gasteiger partial charge >= 0.3 is 6.01 Å². The predicted molar refractivity (Wildman–Crippen MR) is 67.5 cm³/mol. The van der Waals surface area contributed by atoms with Gasteiger partial charge in [0.05, 0.1) is 6.61 Å². The average molecular weight is 256 g/mol. The first-order valence-corrected chi connectivity index (χ1v) is 6.49. The summed E-state index contributed by atoms with van der Waals surface area (Å²) in [4.78, 5) is 8.15. The summed E-state index contributed by atoms with van der Waals surface area (Å²) in [6.45, 7) is 3.63. The van der Waals surface area contributed by atoms with Gasteiger partial charge in [-0.3, -0.25) is 0 Å². The molecule has 1 fully saturated rings. The quantitative estimate of drug-likeness (QED) is 0.839. The second-order valence-corrected chi connectivity index (χ2v) is 4.77. The van der Waals surface area contributed by atoms with Crippen LogP contribution in [0.4, 0.5) is 0 Å². The van der Waals surface area contributed by atoms with Gasteiger partial charge in [-0.2, -0.15) is 4.98 Å². The number of ether oxygens (including phenoxy) is 1. The Bertz CT molecular complexity index is 367. The highest BCUT2D eigenvalue weighted by atomic mass is 35.5. The molecule has 0 aliphatic carbocycles. The van der Waals surface area contributed by atoms with E-state index in [0.29, 0.717) is 23.8 Å². The zero-order chi connectivity index (χ0) is 12.1. The standard InChI is InChI=1S/C12H18ClN3O/c1-9-8-15-12(16-11(9)13)17-7-5-10-4-2-3-6-14-10/h8,10,14H,2-7H2,1H3/t10-/m1/s1. The molecule has 0 bridgehead atoms. The van der Waals surface area contributed by atoms with Crippen molar-refractivity contribution in [3.8, 4) is 6.01 Å². The monoisotopic (exact) mass is 255 g/mol. The van der Waals surface area contributed by atoms with Crippen molar-refractivity contribution >= 4 is 11.6 Å². The van der Waals surface area contributed by atoms with Crippen LogP contribution in [-0.2, 0) is 0 Å². The number of aryl methyl sites for hydroxylation is 1. The summed E-state index contributed by atoms with van der Waals surface area (Å²) in [6, 6.07) is 0.945. The predicted octanol–water partition coefficient (Wildman–Crippen LogP) is 2.35. The van der Waals surface area contributed by atoms with Crippen LogP contribution in [0.2, 0.25) is 5.15 Å². The van der Waals surface area contributed by atoms with Gasteiger partial charge in [0.1, 0.15) is 5.15 Å². The van der Waals surface area contributed by atoms with E-state index in [0.717, 1.165) is 18.5 Å². The van der Waals surface area contributed by atoms with Crippen LogP contribution in [0.1, 0.15) is 31.2 Å². The van der Waals surface area contributed by atoms with E-state index in [1.165, 1.54) is 19.3 Å². The number of nitrogens with zero attached hydrogens (tertiary/aromatic N) is 2. The maximum atomic E-state index is 5.90. The lowest BCUT2D eigenvalue weighted by Gasteiger charge is -2.23. The molecule has 1 saturated heterocycles. The minimum Gasteiger partial charge on any atom is -0.463 e. The highest BCUT2D eigenvalue weighted by Gasteiger charge is 2.12. The fraction of sp³-hybridized carbons (Fsp3) is 0.667. The van der Waals surface area contributed by atoms with Crippen molar-refractivity contribution in [1.29, 1.82) is 0 Å². The summed E-state index contributed by atoms with van der Waals surface area (Å²) >= 11 is 5.90. The minimum atomic E-state index is 0.372. The molecule has 1 aliphatic heterocycles. The highest BCUT2D eigenvalue weighted by molar-refractivity contribution is 6.30. The molecule has 1 aromatic heterocycles. The summed E-state index contributed by atoms with van der Waals surface area (Å²) in [6.07, 6.45) is 6.51. The molecule has 0 saturated carbocycles. The van der Waals surface area contributed by atoms with E-state index in [9.17, 15) is 0 Å². The Morgan fingerprint density at radius 2 is 2.41 bits per heavy atom. The van der Waals surface area contributed by atoms with Crippen LogP contribution in [-0.4, -0.2) is 29.2 Å². The molecule has 2 heterocycles. The molecule has 1 N–H and O–H groups in total. The van der Waals surface area contributed by atoms with Gasteiger partial charge in [-0.05, 0) is 32.7 Å². The van der Waals surface area contributed by atoms with Gasteiger partial charge in [0.15, 0.2) is 0 Å². The number of piperidine rings is 1. The smallest absolute Gasteiger partial charge is 0.317 e.